The number of carbonyl (C=O) groups excluding carboxylic acids is 1. The third-order valence-electron chi connectivity index (χ3n) is 3.85. The SMILES string of the molecule is CC1(C)CC(NC(=O)c2cc(N)ccc2N)CC(C)(C)N1. The fourth-order valence-corrected chi connectivity index (χ4v) is 3.46. The number of nitrogens with one attached hydrogen (secondary N) is 2. The molecule has 1 aromatic rings. The van der Waals surface area contributed by atoms with Crippen LogP contribution in [0.1, 0.15) is 50.9 Å². The Kier molecular flexibility index (Phi) is 3.89. The molecule has 1 aliphatic rings. The molecule has 1 saturated heterocycles. The predicted octanol–water partition coefficient (Wildman–Crippen LogP) is 1.89. The van der Waals surface area contributed by atoms with Gasteiger partial charge in [-0.15, -0.1) is 0 Å². The number of carbonyl (C=O) groups is 1. The monoisotopic (exact) mass is 290 g/mol. The molecule has 0 radical (unpaired) electrons. The molecular weight excluding hydrogens is 264 g/mol. The van der Waals surface area contributed by atoms with E-state index >= 15 is 0 Å². The number of hydrogen-bond donors (Lipinski definition) is 4. The van der Waals surface area contributed by atoms with Crippen molar-refractivity contribution in [2.24, 2.45) is 0 Å². The zero-order valence-electron chi connectivity index (χ0n) is 13.3. The number of nitrogen functional groups attached to an aromatic ring is 2. The fraction of sp³-hybridized carbons (Fsp3) is 0.562. The molecule has 0 atom stereocenters. The molecule has 21 heavy (non-hydrogen) atoms. The number of amides is 1. The van der Waals surface area contributed by atoms with Gasteiger partial charge >= 0.3 is 0 Å². The minimum absolute atomic E-state index is 0.0129. The lowest BCUT2D eigenvalue weighted by Crippen LogP contribution is -2.62. The maximum absolute atomic E-state index is 12.4. The van der Waals surface area contributed by atoms with E-state index in [2.05, 4.69) is 38.3 Å². The summed E-state index contributed by atoms with van der Waals surface area (Å²) in [6, 6.07) is 5.11. The molecule has 1 amide bonds. The molecule has 6 N–H and O–H groups in total. The summed E-state index contributed by atoms with van der Waals surface area (Å²) >= 11 is 0. The molecule has 0 spiro atoms. The maximum atomic E-state index is 12.4. The van der Waals surface area contributed by atoms with Crippen molar-refractivity contribution in [1.29, 1.82) is 0 Å². The van der Waals surface area contributed by atoms with Gasteiger partial charge in [0.15, 0.2) is 0 Å². The molecular formula is C16H26N4O. The standard InChI is InChI=1S/C16H26N4O/c1-15(2)8-11(9-16(3,4)20-15)19-14(21)12-7-10(17)5-6-13(12)18/h5-7,11,20H,8-9,17-18H2,1-4H3,(H,19,21). The van der Waals surface area contributed by atoms with Crippen LogP contribution in [-0.4, -0.2) is 23.0 Å². The highest BCUT2D eigenvalue weighted by atomic mass is 16.1. The molecule has 0 unspecified atom stereocenters. The third-order valence-corrected chi connectivity index (χ3v) is 3.85. The highest BCUT2D eigenvalue weighted by molar-refractivity contribution is 6.00. The number of nitrogens with two attached hydrogens (primary N) is 2. The highest BCUT2D eigenvalue weighted by Gasteiger charge is 2.38. The van der Waals surface area contributed by atoms with E-state index in [9.17, 15) is 4.79 Å². The zero-order valence-corrected chi connectivity index (χ0v) is 13.3. The normalized spacial score (nSPS) is 21.0. The molecule has 116 valence electrons. The van der Waals surface area contributed by atoms with Gasteiger partial charge in [-0.05, 0) is 58.7 Å². The van der Waals surface area contributed by atoms with Gasteiger partial charge in [0.05, 0.1) is 5.56 Å². The van der Waals surface area contributed by atoms with E-state index in [1.54, 1.807) is 18.2 Å². The topological polar surface area (TPSA) is 93.2 Å². The Hall–Kier alpha value is -1.75. The minimum atomic E-state index is -0.154. The second-order valence-corrected chi connectivity index (χ2v) is 7.32. The van der Waals surface area contributed by atoms with E-state index in [4.69, 9.17) is 11.5 Å². The molecule has 5 nitrogen and oxygen atoms in total. The molecule has 0 saturated carbocycles. The molecule has 0 aromatic heterocycles. The number of hydrogen-bond acceptors (Lipinski definition) is 4. The van der Waals surface area contributed by atoms with Crippen molar-refractivity contribution in [3.8, 4) is 0 Å². The number of anilines is 2. The fourth-order valence-electron chi connectivity index (χ4n) is 3.46. The van der Waals surface area contributed by atoms with Crippen molar-refractivity contribution in [3.05, 3.63) is 23.8 Å². The van der Waals surface area contributed by atoms with Gasteiger partial charge in [0.1, 0.15) is 0 Å². The molecule has 5 heteroatoms. The van der Waals surface area contributed by atoms with Crippen molar-refractivity contribution in [1.82, 2.24) is 10.6 Å². The number of piperidine rings is 1. The van der Waals surface area contributed by atoms with E-state index in [0.29, 0.717) is 16.9 Å². The van der Waals surface area contributed by atoms with Crippen LogP contribution < -0.4 is 22.1 Å². The van der Waals surface area contributed by atoms with Gasteiger partial charge in [-0.1, -0.05) is 0 Å². The highest BCUT2D eigenvalue weighted by Crippen LogP contribution is 2.29. The minimum Gasteiger partial charge on any atom is -0.399 e. The summed E-state index contributed by atoms with van der Waals surface area (Å²) in [7, 11) is 0. The first kappa shape index (κ1) is 15.6. The second kappa shape index (κ2) is 5.22. The molecule has 1 aliphatic heterocycles. The van der Waals surface area contributed by atoms with Gasteiger partial charge in [0, 0.05) is 28.5 Å². The van der Waals surface area contributed by atoms with Gasteiger partial charge in [-0.2, -0.15) is 0 Å². The van der Waals surface area contributed by atoms with Crippen molar-refractivity contribution >= 4 is 17.3 Å². The molecule has 2 rings (SSSR count). The molecule has 0 bridgehead atoms. The summed E-state index contributed by atoms with van der Waals surface area (Å²) in [5, 5.41) is 6.70. The Morgan fingerprint density at radius 1 is 1.19 bits per heavy atom. The first-order valence-electron chi connectivity index (χ1n) is 7.33. The van der Waals surface area contributed by atoms with Crippen molar-refractivity contribution < 1.29 is 4.79 Å². The summed E-state index contributed by atoms with van der Waals surface area (Å²) in [5.74, 6) is -0.154. The van der Waals surface area contributed by atoms with Crippen LogP contribution in [-0.2, 0) is 0 Å². The number of rotatable bonds is 2. The van der Waals surface area contributed by atoms with E-state index in [1.165, 1.54) is 0 Å². The lowest BCUT2D eigenvalue weighted by atomic mass is 9.79. The van der Waals surface area contributed by atoms with Crippen LogP contribution in [0.3, 0.4) is 0 Å². The summed E-state index contributed by atoms with van der Waals surface area (Å²) in [5.41, 5.74) is 13.0. The van der Waals surface area contributed by atoms with E-state index in [0.717, 1.165) is 12.8 Å². The Morgan fingerprint density at radius 2 is 1.76 bits per heavy atom. The van der Waals surface area contributed by atoms with Gasteiger partial charge in [-0.3, -0.25) is 4.79 Å². The Labute approximate surface area is 126 Å². The summed E-state index contributed by atoms with van der Waals surface area (Å²) in [6.07, 6.45) is 1.76. The smallest absolute Gasteiger partial charge is 0.253 e. The van der Waals surface area contributed by atoms with E-state index < -0.39 is 0 Å². The Morgan fingerprint density at radius 3 is 2.33 bits per heavy atom. The Bertz CT molecular complexity index is 535. The first-order valence-corrected chi connectivity index (χ1v) is 7.33. The third kappa shape index (κ3) is 3.88. The van der Waals surface area contributed by atoms with Gasteiger partial charge < -0.3 is 22.1 Å². The quantitative estimate of drug-likeness (QED) is 0.626. The van der Waals surface area contributed by atoms with Crippen LogP contribution in [0.4, 0.5) is 11.4 Å². The first-order chi connectivity index (χ1) is 9.58. The molecule has 1 fully saturated rings. The lowest BCUT2D eigenvalue weighted by Gasteiger charge is -2.46. The average Bonchev–Trinajstić information content (AvgIpc) is 2.27. The zero-order chi connectivity index (χ0) is 15.8. The Balaban J connectivity index is 2.14. The summed E-state index contributed by atoms with van der Waals surface area (Å²) in [4.78, 5) is 12.4. The lowest BCUT2D eigenvalue weighted by molar-refractivity contribution is 0.0874. The van der Waals surface area contributed by atoms with Gasteiger partial charge in [0.25, 0.3) is 5.91 Å². The average molecular weight is 290 g/mol. The van der Waals surface area contributed by atoms with Crippen LogP contribution >= 0.6 is 0 Å². The van der Waals surface area contributed by atoms with Crippen molar-refractivity contribution in [3.63, 3.8) is 0 Å². The van der Waals surface area contributed by atoms with Crippen molar-refractivity contribution in [2.75, 3.05) is 11.5 Å². The van der Waals surface area contributed by atoms with Crippen molar-refractivity contribution in [2.45, 2.75) is 57.7 Å². The van der Waals surface area contributed by atoms with E-state index in [1.807, 2.05) is 0 Å². The summed E-state index contributed by atoms with van der Waals surface area (Å²) in [6.45, 7) is 8.62. The van der Waals surface area contributed by atoms with Crippen LogP contribution in [0.25, 0.3) is 0 Å². The van der Waals surface area contributed by atoms with Crippen LogP contribution in [0, 0.1) is 0 Å². The molecule has 1 heterocycles. The largest absolute Gasteiger partial charge is 0.399 e. The molecule has 0 aliphatic carbocycles. The van der Waals surface area contributed by atoms with Crippen LogP contribution in [0.5, 0.6) is 0 Å². The predicted molar refractivity (Wildman–Crippen MR) is 87.0 cm³/mol. The van der Waals surface area contributed by atoms with E-state index in [-0.39, 0.29) is 23.0 Å². The van der Waals surface area contributed by atoms with Crippen LogP contribution in [0.15, 0.2) is 18.2 Å². The summed E-state index contributed by atoms with van der Waals surface area (Å²) < 4.78 is 0. The van der Waals surface area contributed by atoms with Crippen LogP contribution in [0.2, 0.25) is 0 Å². The molecule has 1 aromatic carbocycles. The number of benzene rings is 1. The van der Waals surface area contributed by atoms with Gasteiger partial charge in [-0.25, -0.2) is 0 Å². The second-order valence-electron chi connectivity index (χ2n) is 7.32. The maximum Gasteiger partial charge on any atom is 0.253 e. The van der Waals surface area contributed by atoms with Gasteiger partial charge in [0.2, 0.25) is 0 Å².